The summed E-state index contributed by atoms with van der Waals surface area (Å²) >= 11 is 0. The molecule has 0 aromatic heterocycles. The summed E-state index contributed by atoms with van der Waals surface area (Å²) in [5.41, 5.74) is 2.36. The van der Waals surface area contributed by atoms with Gasteiger partial charge in [0.05, 0.1) is 5.56 Å². The molecule has 0 radical (unpaired) electrons. The van der Waals surface area contributed by atoms with E-state index in [4.69, 9.17) is 5.11 Å². The molecule has 0 spiro atoms. The van der Waals surface area contributed by atoms with E-state index in [0.29, 0.717) is 12.1 Å². The molecule has 4 heteroatoms. The summed E-state index contributed by atoms with van der Waals surface area (Å²) in [4.78, 5) is 22.7. The van der Waals surface area contributed by atoms with E-state index in [1.54, 1.807) is 13.0 Å². The van der Waals surface area contributed by atoms with Crippen molar-refractivity contribution in [3.8, 4) is 0 Å². The van der Waals surface area contributed by atoms with Crippen molar-refractivity contribution in [1.82, 2.24) is 0 Å². The lowest BCUT2D eigenvalue weighted by atomic mass is 10.0. The van der Waals surface area contributed by atoms with Crippen LogP contribution in [0.2, 0.25) is 0 Å². The molecule has 98 valence electrons. The fraction of sp³-hybridized carbons (Fsp3) is 0.429. The number of aryl methyl sites for hydroxylation is 1. The Balaban J connectivity index is 2.97. The van der Waals surface area contributed by atoms with Crippen LogP contribution in [0.4, 0.5) is 5.69 Å². The minimum absolute atomic E-state index is 0.0930. The monoisotopic (exact) mass is 249 g/mol. The summed E-state index contributed by atoms with van der Waals surface area (Å²) in [5.74, 6) is -0.796. The maximum Gasteiger partial charge on any atom is 0.336 e. The number of rotatable bonds is 4. The van der Waals surface area contributed by atoms with Crippen LogP contribution in [-0.4, -0.2) is 17.0 Å². The molecule has 1 rings (SSSR count). The minimum Gasteiger partial charge on any atom is -0.478 e. The first-order valence-corrected chi connectivity index (χ1v) is 5.95. The third kappa shape index (κ3) is 3.58. The quantitative estimate of drug-likeness (QED) is 0.862. The predicted molar refractivity (Wildman–Crippen MR) is 71.0 cm³/mol. The van der Waals surface area contributed by atoms with E-state index in [1.807, 2.05) is 20.8 Å². The van der Waals surface area contributed by atoms with Crippen LogP contribution in [-0.2, 0) is 4.79 Å². The topological polar surface area (TPSA) is 66.4 Å². The molecule has 1 aromatic rings. The van der Waals surface area contributed by atoms with Crippen LogP contribution >= 0.6 is 0 Å². The number of anilines is 1. The number of carboxylic acids is 1. The lowest BCUT2D eigenvalue weighted by Gasteiger charge is -2.11. The molecule has 0 saturated carbocycles. The van der Waals surface area contributed by atoms with Gasteiger partial charge in [0.15, 0.2) is 0 Å². The molecule has 1 aromatic carbocycles. The van der Waals surface area contributed by atoms with Crippen molar-refractivity contribution in [2.24, 2.45) is 5.92 Å². The number of carbonyl (C=O) groups excluding carboxylic acids is 1. The lowest BCUT2D eigenvalue weighted by Crippen LogP contribution is -2.15. The molecule has 2 N–H and O–H groups in total. The number of nitrogens with one attached hydrogen (secondary N) is 1. The summed E-state index contributed by atoms with van der Waals surface area (Å²) < 4.78 is 0. The highest BCUT2D eigenvalue weighted by Gasteiger charge is 2.12. The van der Waals surface area contributed by atoms with Gasteiger partial charge in [-0.3, -0.25) is 4.79 Å². The van der Waals surface area contributed by atoms with Gasteiger partial charge in [-0.1, -0.05) is 13.8 Å². The number of hydrogen-bond donors (Lipinski definition) is 2. The van der Waals surface area contributed by atoms with E-state index in [9.17, 15) is 9.59 Å². The van der Waals surface area contributed by atoms with Gasteiger partial charge < -0.3 is 10.4 Å². The molecule has 0 bridgehead atoms. The Bertz CT molecular complexity index is 478. The van der Waals surface area contributed by atoms with Gasteiger partial charge in [0.2, 0.25) is 5.91 Å². The Morgan fingerprint density at radius 2 is 1.89 bits per heavy atom. The zero-order valence-corrected chi connectivity index (χ0v) is 11.2. The standard InChI is InChI=1S/C14H19NO3/c1-8(2)5-13(16)15-11-6-9(3)10(4)12(7-11)14(17)18/h6-8H,5H2,1-4H3,(H,15,16)(H,17,18). The summed E-state index contributed by atoms with van der Waals surface area (Å²) in [6.07, 6.45) is 0.426. The summed E-state index contributed by atoms with van der Waals surface area (Å²) in [6.45, 7) is 7.52. The van der Waals surface area contributed by atoms with Gasteiger partial charge >= 0.3 is 5.97 Å². The number of benzene rings is 1. The fourth-order valence-electron chi connectivity index (χ4n) is 1.74. The normalized spacial score (nSPS) is 10.5. The van der Waals surface area contributed by atoms with E-state index in [1.165, 1.54) is 6.07 Å². The van der Waals surface area contributed by atoms with Crippen molar-refractivity contribution in [3.05, 3.63) is 28.8 Å². The van der Waals surface area contributed by atoms with Gasteiger partial charge in [-0.05, 0) is 43.0 Å². The number of carbonyl (C=O) groups is 2. The Hall–Kier alpha value is -1.84. The molecule has 1 amide bonds. The predicted octanol–water partition coefficient (Wildman–Crippen LogP) is 2.99. The Kier molecular flexibility index (Phi) is 4.48. The van der Waals surface area contributed by atoms with Gasteiger partial charge in [0.25, 0.3) is 0 Å². The molecule has 0 fully saturated rings. The molecule has 0 aliphatic heterocycles. The fourth-order valence-corrected chi connectivity index (χ4v) is 1.74. The van der Waals surface area contributed by atoms with Crippen LogP contribution in [0.3, 0.4) is 0 Å². The van der Waals surface area contributed by atoms with Gasteiger partial charge in [0.1, 0.15) is 0 Å². The zero-order chi connectivity index (χ0) is 13.9. The van der Waals surface area contributed by atoms with Crippen LogP contribution in [0.25, 0.3) is 0 Å². The zero-order valence-electron chi connectivity index (χ0n) is 11.2. The van der Waals surface area contributed by atoms with Gasteiger partial charge in [0, 0.05) is 12.1 Å². The average molecular weight is 249 g/mol. The highest BCUT2D eigenvalue weighted by molar-refractivity contribution is 5.95. The third-order valence-corrected chi connectivity index (χ3v) is 2.78. The van der Waals surface area contributed by atoms with Crippen LogP contribution in [0.5, 0.6) is 0 Å². The SMILES string of the molecule is Cc1cc(NC(=O)CC(C)C)cc(C(=O)O)c1C. The number of hydrogen-bond acceptors (Lipinski definition) is 2. The minimum atomic E-state index is -0.976. The highest BCUT2D eigenvalue weighted by Crippen LogP contribution is 2.20. The van der Waals surface area contributed by atoms with Gasteiger partial charge in [-0.2, -0.15) is 0 Å². The van der Waals surface area contributed by atoms with Gasteiger partial charge in [-0.25, -0.2) is 4.79 Å². The second kappa shape index (κ2) is 5.67. The maximum absolute atomic E-state index is 11.6. The van der Waals surface area contributed by atoms with Crippen molar-refractivity contribution in [1.29, 1.82) is 0 Å². The Labute approximate surface area is 107 Å². The first-order valence-electron chi connectivity index (χ1n) is 5.95. The number of carboxylic acid groups (broad SMARTS) is 1. The Morgan fingerprint density at radius 1 is 1.28 bits per heavy atom. The van der Waals surface area contributed by atoms with Crippen molar-refractivity contribution >= 4 is 17.6 Å². The van der Waals surface area contributed by atoms with Crippen LogP contribution in [0.1, 0.15) is 41.8 Å². The smallest absolute Gasteiger partial charge is 0.336 e. The summed E-state index contributed by atoms with van der Waals surface area (Å²) in [5, 5.41) is 11.8. The highest BCUT2D eigenvalue weighted by atomic mass is 16.4. The third-order valence-electron chi connectivity index (χ3n) is 2.78. The van der Waals surface area contributed by atoms with Crippen molar-refractivity contribution < 1.29 is 14.7 Å². The molecule has 18 heavy (non-hydrogen) atoms. The summed E-state index contributed by atoms with van der Waals surface area (Å²) in [7, 11) is 0. The van der Waals surface area contributed by atoms with Crippen LogP contribution < -0.4 is 5.32 Å². The Morgan fingerprint density at radius 3 is 2.39 bits per heavy atom. The number of amides is 1. The van der Waals surface area contributed by atoms with E-state index in [2.05, 4.69) is 5.32 Å². The average Bonchev–Trinajstić information content (AvgIpc) is 2.21. The van der Waals surface area contributed by atoms with Crippen molar-refractivity contribution in [2.75, 3.05) is 5.32 Å². The van der Waals surface area contributed by atoms with Crippen molar-refractivity contribution in [3.63, 3.8) is 0 Å². The molecule has 0 heterocycles. The molecular weight excluding hydrogens is 230 g/mol. The maximum atomic E-state index is 11.6. The molecule has 4 nitrogen and oxygen atoms in total. The first kappa shape index (κ1) is 14.2. The molecule has 0 unspecified atom stereocenters. The summed E-state index contributed by atoms with van der Waals surface area (Å²) in [6, 6.07) is 3.29. The second-order valence-electron chi connectivity index (χ2n) is 4.92. The molecule has 0 atom stereocenters. The van der Waals surface area contributed by atoms with Crippen LogP contribution in [0, 0.1) is 19.8 Å². The number of aromatic carboxylic acids is 1. The van der Waals surface area contributed by atoms with E-state index >= 15 is 0 Å². The lowest BCUT2D eigenvalue weighted by molar-refractivity contribution is -0.116. The van der Waals surface area contributed by atoms with E-state index in [0.717, 1.165) is 11.1 Å². The van der Waals surface area contributed by atoms with E-state index in [-0.39, 0.29) is 17.4 Å². The largest absolute Gasteiger partial charge is 0.478 e. The van der Waals surface area contributed by atoms with Crippen LogP contribution in [0.15, 0.2) is 12.1 Å². The second-order valence-corrected chi connectivity index (χ2v) is 4.92. The first-order chi connectivity index (χ1) is 8.31. The molecule has 0 aliphatic carbocycles. The van der Waals surface area contributed by atoms with E-state index < -0.39 is 5.97 Å². The molecular formula is C14H19NO3. The van der Waals surface area contributed by atoms with Gasteiger partial charge in [-0.15, -0.1) is 0 Å². The molecule has 0 aliphatic rings. The van der Waals surface area contributed by atoms with Crippen molar-refractivity contribution in [2.45, 2.75) is 34.1 Å². The molecule has 0 saturated heterocycles.